The van der Waals surface area contributed by atoms with Gasteiger partial charge in [0.05, 0.1) is 5.69 Å². The standard InChI is InChI=1S/C23H26N2O2/c1-16(2)21-20(17(3)25-27-21)22(26)24-15-23(4,18-11-7-5-8-12-18)19-13-9-6-10-14-19/h5-14,16H,15H2,1-4H3,(H,24,26). The first kappa shape index (κ1) is 18.9. The Balaban J connectivity index is 1.91. The molecule has 0 aliphatic heterocycles. The van der Waals surface area contributed by atoms with Crippen LogP contribution in [0.3, 0.4) is 0 Å². The highest BCUT2D eigenvalue weighted by Crippen LogP contribution is 2.31. The van der Waals surface area contributed by atoms with Crippen molar-refractivity contribution in [3.63, 3.8) is 0 Å². The lowest BCUT2D eigenvalue weighted by Crippen LogP contribution is -2.40. The molecule has 0 atom stereocenters. The van der Waals surface area contributed by atoms with Gasteiger partial charge in [-0.2, -0.15) is 0 Å². The highest BCUT2D eigenvalue weighted by atomic mass is 16.5. The number of amides is 1. The van der Waals surface area contributed by atoms with E-state index in [0.717, 1.165) is 11.1 Å². The van der Waals surface area contributed by atoms with Gasteiger partial charge in [0.2, 0.25) is 0 Å². The van der Waals surface area contributed by atoms with Crippen molar-refractivity contribution in [3.05, 3.63) is 88.8 Å². The van der Waals surface area contributed by atoms with Gasteiger partial charge in [0, 0.05) is 17.9 Å². The van der Waals surface area contributed by atoms with Crippen molar-refractivity contribution < 1.29 is 9.32 Å². The Labute approximate surface area is 160 Å². The molecule has 1 amide bonds. The number of hydrogen-bond donors (Lipinski definition) is 1. The minimum absolute atomic E-state index is 0.0987. The fourth-order valence-electron chi connectivity index (χ4n) is 3.39. The third-order valence-corrected chi connectivity index (χ3v) is 5.06. The highest BCUT2D eigenvalue weighted by molar-refractivity contribution is 5.96. The summed E-state index contributed by atoms with van der Waals surface area (Å²) in [4.78, 5) is 13.0. The molecule has 2 aromatic carbocycles. The summed E-state index contributed by atoms with van der Waals surface area (Å²) in [6.07, 6.45) is 0. The van der Waals surface area contributed by atoms with Gasteiger partial charge in [-0.05, 0) is 25.0 Å². The number of hydrogen-bond acceptors (Lipinski definition) is 3. The molecule has 1 aromatic heterocycles. The van der Waals surface area contributed by atoms with E-state index in [9.17, 15) is 4.79 Å². The fraction of sp³-hybridized carbons (Fsp3) is 0.304. The predicted molar refractivity (Wildman–Crippen MR) is 107 cm³/mol. The van der Waals surface area contributed by atoms with E-state index in [1.807, 2.05) is 50.2 Å². The van der Waals surface area contributed by atoms with Crippen LogP contribution in [0.15, 0.2) is 65.2 Å². The summed E-state index contributed by atoms with van der Waals surface area (Å²) in [7, 11) is 0. The van der Waals surface area contributed by atoms with Gasteiger partial charge in [0.1, 0.15) is 5.56 Å². The van der Waals surface area contributed by atoms with Gasteiger partial charge in [-0.25, -0.2) is 0 Å². The maximum atomic E-state index is 13.0. The van der Waals surface area contributed by atoms with Gasteiger partial charge >= 0.3 is 0 Å². The van der Waals surface area contributed by atoms with Crippen LogP contribution in [-0.2, 0) is 5.41 Å². The lowest BCUT2D eigenvalue weighted by Gasteiger charge is -2.31. The van der Waals surface area contributed by atoms with E-state index >= 15 is 0 Å². The van der Waals surface area contributed by atoms with Crippen molar-refractivity contribution >= 4 is 5.91 Å². The van der Waals surface area contributed by atoms with Crippen LogP contribution in [0.25, 0.3) is 0 Å². The van der Waals surface area contributed by atoms with Crippen molar-refractivity contribution in [1.29, 1.82) is 0 Å². The van der Waals surface area contributed by atoms with Gasteiger partial charge in [-0.15, -0.1) is 0 Å². The van der Waals surface area contributed by atoms with E-state index in [0.29, 0.717) is 23.6 Å². The van der Waals surface area contributed by atoms with Gasteiger partial charge in [-0.1, -0.05) is 79.7 Å². The van der Waals surface area contributed by atoms with Crippen LogP contribution < -0.4 is 5.32 Å². The number of carbonyl (C=O) groups excluding carboxylic acids is 1. The molecular weight excluding hydrogens is 336 g/mol. The number of benzene rings is 2. The summed E-state index contributed by atoms with van der Waals surface area (Å²) in [6.45, 7) is 8.42. The zero-order valence-corrected chi connectivity index (χ0v) is 16.3. The van der Waals surface area contributed by atoms with E-state index in [1.54, 1.807) is 6.92 Å². The molecule has 0 fully saturated rings. The van der Waals surface area contributed by atoms with Crippen molar-refractivity contribution in [2.24, 2.45) is 0 Å². The topological polar surface area (TPSA) is 55.1 Å². The molecule has 3 rings (SSSR count). The van der Waals surface area contributed by atoms with E-state index < -0.39 is 0 Å². The Morgan fingerprint density at radius 1 is 1.04 bits per heavy atom. The van der Waals surface area contributed by atoms with Crippen LogP contribution in [0.5, 0.6) is 0 Å². The van der Waals surface area contributed by atoms with Crippen LogP contribution >= 0.6 is 0 Å². The summed E-state index contributed by atoms with van der Waals surface area (Å²) >= 11 is 0. The molecular formula is C23H26N2O2. The zero-order chi connectivity index (χ0) is 19.4. The molecule has 1 N–H and O–H groups in total. The Kier molecular flexibility index (Phi) is 5.45. The van der Waals surface area contributed by atoms with E-state index in [2.05, 4.69) is 41.7 Å². The largest absolute Gasteiger partial charge is 0.360 e. The molecule has 0 aliphatic rings. The van der Waals surface area contributed by atoms with Crippen molar-refractivity contribution in [2.45, 2.75) is 39.0 Å². The molecule has 0 bridgehead atoms. The second kappa shape index (κ2) is 7.78. The highest BCUT2D eigenvalue weighted by Gasteiger charge is 2.31. The van der Waals surface area contributed by atoms with Gasteiger partial charge in [-0.3, -0.25) is 4.79 Å². The molecule has 0 radical (unpaired) electrons. The summed E-state index contributed by atoms with van der Waals surface area (Å²) in [5, 5.41) is 7.10. The maximum Gasteiger partial charge on any atom is 0.256 e. The minimum atomic E-state index is -0.346. The van der Waals surface area contributed by atoms with E-state index in [1.165, 1.54) is 0 Å². The molecule has 0 saturated carbocycles. The number of aryl methyl sites for hydroxylation is 1. The Hall–Kier alpha value is -2.88. The van der Waals surface area contributed by atoms with Crippen LogP contribution in [0, 0.1) is 6.92 Å². The average molecular weight is 362 g/mol. The number of carbonyl (C=O) groups is 1. The monoisotopic (exact) mass is 362 g/mol. The minimum Gasteiger partial charge on any atom is -0.360 e. The van der Waals surface area contributed by atoms with Gasteiger partial charge < -0.3 is 9.84 Å². The Morgan fingerprint density at radius 3 is 2.04 bits per heavy atom. The molecule has 4 heteroatoms. The quantitative estimate of drug-likeness (QED) is 0.682. The lowest BCUT2D eigenvalue weighted by atomic mass is 9.76. The second-order valence-corrected chi connectivity index (χ2v) is 7.41. The third kappa shape index (κ3) is 3.80. The lowest BCUT2D eigenvalue weighted by molar-refractivity contribution is 0.0944. The zero-order valence-electron chi connectivity index (χ0n) is 16.3. The normalized spacial score (nSPS) is 11.6. The maximum absolute atomic E-state index is 13.0. The molecule has 0 spiro atoms. The number of nitrogens with one attached hydrogen (secondary N) is 1. The van der Waals surface area contributed by atoms with Crippen molar-refractivity contribution in [2.75, 3.05) is 6.54 Å². The average Bonchev–Trinajstić information content (AvgIpc) is 3.09. The fourth-order valence-corrected chi connectivity index (χ4v) is 3.39. The Bertz CT molecular complexity index is 859. The Morgan fingerprint density at radius 2 is 1.56 bits per heavy atom. The van der Waals surface area contributed by atoms with E-state index in [4.69, 9.17) is 4.52 Å². The molecule has 1 heterocycles. The van der Waals surface area contributed by atoms with Crippen LogP contribution in [-0.4, -0.2) is 17.6 Å². The first-order chi connectivity index (χ1) is 12.9. The summed E-state index contributed by atoms with van der Waals surface area (Å²) in [5.41, 5.74) is 3.14. The number of nitrogens with zero attached hydrogens (tertiary/aromatic N) is 1. The predicted octanol–water partition coefficient (Wildman–Crippen LogP) is 4.84. The van der Waals surface area contributed by atoms with Crippen LogP contribution in [0.4, 0.5) is 0 Å². The van der Waals surface area contributed by atoms with Crippen LogP contribution in [0.1, 0.15) is 59.6 Å². The van der Waals surface area contributed by atoms with Crippen molar-refractivity contribution in [3.8, 4) is 0 Å². The smallest absolute Gasteiger partial charge is 0.256 e. The molecule has 27 heavy (non-hydrogen) atoms. The second-order valence-electron chi connectivity index (χ2n) is 7.41. The molecule has 3 aromatic rings. The van der Waals surface area contributed by atoms with Gasteiger partial charge in [0.25, 0.3) is 5.91 Å². The third-order valence-electron chi connectivity index (χ3n) is 5.06. The molecule has 0 saturated heterocycles. The molecule has 0 unspecified atom stereocenters. The molecule has 140 valence electrons. The summed E-state index contributed by atoms with van der Waals surface area (Å²) in [5.74, 6) is 0.586. The first-order valence-corrected chi connectivity index (χ1v) is 9.29. The van der Waals surface area contributed by atoms with E-state index in [-0.39, 0.29) is 17.2 Å². The number of rotatable bonds is 6. The van der Waals surface area contributed by atoms with Crippen LogP contribution in [0.2, 0.25) is 0 Å². The summed E-state index contributed by atoms with van der Waals surface area (Å²) in [6, 6.07) is 20.5. The first-order valence-electron chi connectivity index (χ1n) is 9.29. The molecule has 4 nitrogen and oxygen atoms in total. The van der Waals surface area contributed by atoms with Crippen molar-refractivity contribution in [1.82, 2.24) is 10.5 Å². The summed E-state index contributed by atoms with van der Waals surface area (Å²) < 4.78 is 5.37. The number of aromatic nitrogens is 1. The molecule has 0 aliphatic carbocycles. The SMILES string of the molecule is Cc1noc(C(C)C)c1C(=O)NCC(C)(c1ccccc1)c1ccccc1. The van der Waals surface area contributed by atoms with Gasteiger partial charge in [0.15, 0.2) is 5.76 Å².